The van der Waals surface area contributed by atoms with Gasteiger partial charge in [-0.3, -0.25) is 0 Å². The fraction of sp³-hybridized carbons (Fsp3) is 0.222. The number of sulfonamides is 1. The second kappa shape index (κ2) is 9.61. The van der Waals surface area contributed by atoms with Crippen molar-refractivity contribution in [3.63, 3.8) is 0 Å². The molecule has 0 bridgehead atoms. The monoisotopic (exact) mass is 448 g/mol. The van der Waals surface area contributed by atoms with E-state index < -0.39 is 16.0 Å². The van der Waals surface area contributed by atoms with Crippen molar-refractivity contribution >= 4 is 44.8 Å². The van der Waals surface area contributed by atoms with E-state index in [1.54, 1.807) is 19.2 Å². The molecule has 12 heteroatoms. The molecule has 0 amide bonds. The van der Waals surface area contributed by atoms with Gasteiger partial charge in [0.05, 0.1) is 7.11 Å². The van der Waals surface area contributed by atoms with Crippen LogP contribution in [0.25, 0.3) is 0 Å². The van der Waals surface area contributed by atoms with Crippen molar-refractivity contribution in [1.29, 1.82) is 0 Å². The molecule has 0 saturated carbocycles. The Balaban J connectivity index is 1.59. The van der Waals surface area contributed by atoms with Crippen molar-refractivity contribution in [3.05, 3.63) is 52.6 Å². The molecule has 10 nitrogen and oxygen atoms in total. The number of methoxy groups -OCH3 is 1. The number of hydrogen-bond donors (Lipinski definition) is 3. The smallest absolute Gasteiger partial charge is 0.349 e. The minimum absolute atomic E-state index is 0.0367. The molecule has 0 aliphatic heterocycles. The number of anilines is 3. The quantitative estimate of drug-likeness (QED) is 0.332. The highest BCUT2D eigenvalue weighted by Gasteiger charge is 2.24. The average Bonchev–Trinajstić information content (AvgIpc) is 3.22. The standard InChI is InChI=1S/C18H20N6O4S2/c1-12-22-15(11-16(23-12)24-14-5-3-4-7-19-14)20-8-9-21-30(26,27)13-6-10-29-17(13)18(25)28-2/h3-7,10-11,21H,8-9H2,1-2H3,(H2,19,20,22,23,24). The molecule has 158 valence electrons. The first-order valence-corrected chi connectivity index (χ1v) is 11.2. The number of nitrogens with one attached hydrogen (secondary N) is 3. The summed E-state index contributed by atoms with van der Waals surface area (Å²) >= 11 is 1.01. The zero-order chi connectivity index (χ0) is 21.6. The molecule has 0 radical (unpaired) electrons. The zero-order valence-corrected chi connectivity index (χ0v) is 17.9. The molecule has 0 saturated heterocycles. The van der Waals surface area contributed by atoms with Gasteiger partial charge in [0.1, 0.15) is 33.1 Å². The molecule has 0 unspecified atom stereocenters. The number of rotatable bonds is 9. The molecule has 0 aliphatic carbocycles. The Morgan fingerprint density at radius 1 is 1.13 bits per heavy atom. The number of aryl methyl sites for hydroxylation is 1. The third-order valence-electron chi connectivity index (χ3n) is 3.77. The number of nitrogens with zero attached hydrogens (tertiary/aromatic N) is 3. The van der Waals surface area contributed by atoms with Crippen molar-refractivity contribution in [2.24, 2.45) is 0 Å². The minimum Gasteiger partial charge on any atom is -0.465 e. The second-order valence-electron chi connectivity index (χ2n) is 5.96. The van der Waals surface area contributed by atoms with E-state index in [-0.39, 0.29) is 22.9 Å². The Labute approximate surface area is 177 Å². The first-order valence-electron chi connectivity index (χ1n) is 8.82. The van der Waals surface area contributed by atoms with Crippen LogP contribution in [0.1, 0.15) is 15.5 Å². The summed E-state index contributed by atoms with van der Waals surface area (Å²) in [5, 5.41) is 7.66. The lowest BCUT2D eigenvalue weighted by Crippen LogP contribution is -2.29. The third kappa shape index (κ3) is 5.49. The molecule has 0 spiro atoms. The number of aromatic nitrogens is 3. The highest BCUT2D eigenvalue weighted by Crippen LogP contribution is 2.22. The predicted molar refractivity (Wildman–Crippen MR) is 114 cm³/mol. The van der Waals surface area contributed by atoms with Gasteiger partial charge < -0.3 is 15.4 Å². The van der Waals surface area contributed by atoms with E-state index in [4.69, 9.17) is 0 Å². The fourth-order valence-electron chi connectivity index (χ4n) is 2.49. The molecule has 3 aromatic heterocycles. The summed E-state index contributed by atoms with van der Waals surface area (Å²) in [5.41, 5.74) is 0. The van der Waals surface area contributed by atoms with Gasteiger partial charge in [-0.1, -0.05) is 6.07 Å². The van der Waals surface area contributed by atoms with Gasteiger partial charge in [0.2, 0.25) is 10.0 Å². The number of carbonyl (C=O) groups excluding carboxylic acids is 1. The highest BCUT2D eigenvalue weighted by atomic mass is 32.2. The van der Waals surface area contributed by atoms with Crippen molar-refractivity contribution in [2.45, 2.75) is 11.8 Å². The van der Waals surface area contributed by atoms with Crippen molar-refractivity contribution in [3.8, 4) is 0 Å². The van der Waals surface area contributed by atoms with E-state index in [0.29, 0.717) is 23.3 Å². The van der Waals surface area contributed by atoms with Crippen molar-refractivity contribution < 1.29 is 17.9 Å². The normalized spacial score (nSPS) is 11.1. The molecule has 0 aliphatic rings. The molecule has 3 rings (SSSR count). The molecule has 0 aromatic carbocycles. The van der Waals surface area contributed by atoms with Gasteiger partial charge in [0.25, 0.3) is 0 Å². The lowest BCUT2D eigenvalue weighted by Gasteiger charge is -2.11. The van der Waals surface area contributed by atoms with Crippen molar-refractivity contribution in [2.75, 3.05) is 30.8 Å². The van der Waals surface area contributed by atoms with Crippen LogP contribution in [0, 0.1) is 6.92 Å². The van der Waals surface area contributed by atoms with Crippen LogP contribution >= 0.6 is 11.3 Å². The maximum absolute atomic E-state index is 12.5. The average molecular weight is 449 g/mol. The van der Waals surface area contributed by atoms with E-state index in [2.05, 4.69) is 35.0 Å². The second-order valence-corrected chi connectivity index (χ2v) is 8.61. The van der Waals surface area contributed by atoms with Gasteiger partial charge in [0.15, 0.2) is 0 Å². The Kier molecular flexibility index (Phi) is 6.92. The number of hydrogen-bond acceptors (Lipinski definition) is 10. The maximum Gasteiger partial charge on any atom is 0.349 e. The van der Waals surface area contributed by atoms with Gasteiger partial charge in [-0.05, 0) is 30.5 Å². The summed E-state index contributed by atoms with van der Waals surface area (Å²) < 4.78 is 32.0. The van der Waals surface area contributed by atoms with Gasteiger partial charge in [-0.15, -0.1) is 11.3 Å². The summed E-state index contributed by atoms with van der Waals surface area (Å²) in [5.74, 6) is 1.59. The SMILES string of the molecule is COC(=O)c1sccc1S(=O)(=O)NCCNc1cc(Nc2ccccn2)nc(C)n1. The van der Waals surface area contributed by atoms with Crippen LogP contribution in [0.15, 0.2) is 46.8 Å². The molecule has 0 atom stereocenters. The fourth-order valence-corrected chi connectivity index (χ4v) is 4.86. The molecular weight excluding hydrogens is 428 g/mol. The Bertz CT molecular complexity index is 1120. The van der Waals surface area contributed by atoms with E-state index in [1.807, 2.05) is 18.2 Å². The van der Waals surface area contributed by atoms with Gasteiger partial charge >= 0.3 is 5.97 Å². The highest BCUT2D eigenvalue weighted by molar-refractivity contribution is 7.89. The van der Waals surface area contributed by atoms with Gasteiger partial charge in [0, 0.05) is 25.4 Å². The van der Waals surface area contributed by atoms with E-state index >= 15 is 0 Å². The van der Waals surface area contributed by atoms with Crippen LogP contribution < -0.4 is 15.4 Å². The molecule has 0 fully saturated rings. The number of carbonyl (C=O) groups is 1. The Morgan fingerprint density at radius 2 is 1.93 bits per heavy atom. The number of ether oxygens (including phenoxy) is 1. The summed E-state index contributed by atoms with van der Waals surface area (Å²) in [6.45, 7) is 2.11. The van der Waals surface area contributed by atoms with Crippen molar-refractivity contribution in [1.82, 2.24) is 19.7 Å². The molecule has 3 N–H and O–H groups in total. The zero-order valence-electron chi connectivity index (χ0n) is 16.2. The van der Waals surface area contributed by atoms with E-state index in [1.165, 1.54) is 18.6 Å². The summed E-state index contributed by atoms with van der Waals surface area (Å²) in [7, 11) is -2.64. The topological polar surface area (TPSA) is 135 Å². The van der Waals surface area contributed by atoms with E-state index in [9.17, 15) is 13.2 Å². The first kappa shape index (κ1) is 21.6. The van der Waals surface area contributed by atoms with Gasteiger partial charge in [-0.2, -0.15) is 0 Å². The molecule has 3 heterocycles. The number of pyridine rings is 1. The lowest BCUT2D eigenvalue weighted by atomic mass is 10.4. The number of thiophene rings is 1. The lowest BCUT2D eigenvalue weighted by molar-refractivity contribution is 0.0602. The van der Waals surface area contributed by atoms with Crippen LogP contribution in [-0.4, -0.2) is 49.5 Å². The number of esters is 1. The van der Waals surface area contributed by atoms with Crippen LogP contribution in [0.3, 0.4) is 0 Å². The molecular formula is C18H20N6O4S2. The largest absolute Gasteiger partial charge is 0.465 e. The third-order valence-corrected chi connectivity index (χ3v) is 6.30. The molecule has 30 heavy (non-hydrogen) atoms. The van der Waals surface area contributed by atoms with Gasteiger partial charge in [-0.25, -0.2) is 32.9 Å². The molecule has 3 aromatic rings. The summed E-state index contributed by atoms with van der Waals surface area (Å²) in [6, 6.07) is 8.55. The summed E-state index contributed by atoms with van der Waals surface area (Å²) in [4.78, 5) is 24.4. The first-order chi connectivity index (χ1) is 14.4. The summed E-state index contributed by atoms with van der Waals surface area (Å²) in [6.07, 6.45) is 1.67. The van der Waals surface area contributed by atoms with Crippen LogP contribution in [0.5, 0.6) is 0 Å². The van der Waals surface area contributed by atoms with Crippen LogP contribution in [0.4, 0.5) is 17.5 Å². The predicted octanol–water partition coefficient (Wildman–Crippen LogP) is 2.16. The van der Waals surface area contributed by atoms with Crippen LogP contribution in [0.2, 0.25) is 0 Å². The van der Waals surface area contributed by atoms with E-state index in [0.717, 1.165) is 11.3 Å². The minimum atomic E-state index is -3.85. The maximum atomic E-state index is 12.5. The Morgan fingerprint density at radius 3 is 2.67 bits per heavy atom. The Hall–Kier alpha value is -3.09. The van der Waals surface area contributed by atoms with Crippen LogP contribution in [-0.2, 0) is 14.8 Å².